The summed E-state index contributed by atoms with van der Waals surface area (Å²) in [5, 5.41) is 3.53. The summed E-state index contributed by atoms with van der Waals surface area (Å²) >= 11 is 0. The third kappa shape index (κ3) is 5.51. The molecule has 1 saturated heterocycles. The Labute approximate surface area is 210 Å². The Balaban J connectivity index is 1.20. The summed E-state index contributed by atoms with van der Waals surface area (Å²) in [6, 6.07) is 15.3. The molecule has 0 atom stereocenters. The van der Waals surface area contributed by atoms with E-state index in [1.807, 2.05) is 0 Å². The van der Waals surface area contributed by atoms with Gasteiger partial charge in [-0.1, -0.05) is 48.0 Å². The van der Waals surface area contributed by atoms with Gasteiger partial charge in [-0.25, -0.2) is 4.98 Å². The maximum atomic E-state index is 5.01. The number of nitrogens with one attached hydrogen (secondary N) is 1. The Morgan fingerprint density at radius 1 is 0.914 bits per heavy atom. The molecule has 35 heavy (non-hydrogen) atoms. The second-order valence-electron chi connectivity index (χ2n) is 10.6. The first-order valence-electron chi connectivity index (χ1n) is 13.2. The Hall–Kier alpha value is -2.92. The molecule has 0 bridgehead atoms. The maximum Gasteiger partial charge on any atom is 0.229 e. The van der Waals surface area contributed by atoms with Gasteiger partial charge in [0.05, 0.1) is 0 Å². The molecular weight excluding hydrogens is 430 g/mol. The van der Waals surface area contributed by atoms with Gasteiger partial charge in [0.15, 0.2) is 0 Å². The van der Waals surface area contributed by atoms with E-state index in [0.717, 1.165) is 55.1 Å². The highest BCUT2D eigenvalue weighted by molar-refractivity contribution is 5.66. The quantitative estimate of drug-likeness (QED) is 0.452. The lowest BCUT2D eigenvalue weighted by Crippen LogP contribution is -2.34. The minimum absolute atomic E-state index is 0.720. The largest absolute Gasteiger partial charge is 0.356 e. The molecule has 3 heterocycles. The molecule has 0 unspecified atom stereocenters. The van der Waals surface area contributed by atoms with Crippen molar-refractivity contribution in [2.75, 3.05) is 36.4 Å². The van der Waals surface area contributed by atoms with Crippen LogP contribution in [0.1, 0.15) is 52.8 Å². The molecule has 184 valence electrons. The predicted octanol–water partition coefficient (Wildman–Crippen LogP) is 6.12. The maximum absolute atomic E-state index is 5.01. The number of piperidine rings is 1. The molecule has 2 aliphatic rings. The highest BCUT2D eigenvalue weighted by Crippen LogP contribution is 2.32. The van der Waals surface area contributed by atoms with Crippen LogP contribution in [-0.2, 0) is 13.0 Å². The van der Waals surface area contributed by atoms with Crippen LogP contribution in [0.4, 0.5) is 17.5 Å². The summed E-state index contributed by atoms with van der Waals surface area (Å²) in [6.45, 7) is 14.2. The predicted molar refractivity (Wildman–Crippen MR) is 146 cm³/mol. The van der Waals surface area contributed by atoms with Gasteiger partial charge < -0.3 is 10.2 Å². The number of nitrogens with zero attached hydrogens (tertiary/aromatic N) is 4. The van der Waals surface area contributed by atoms with Crippen molar-refractivity contribution in [2.45, 2.75) is 59.9 Å². The molecule has 1 fully saturated rings. The van der Waals surface area contributed by atoms with Gasteiger partial charge in [-0.05, 0) is 89.1 Å². The van der Waals surface area contributed by atoms with Crippen molar-refractivity contribution >= 4 is 17.5 Å². The minimum Gasteiger partial charge on any atom is -0.356 e. The van der Waals surface area contributed by atoms with Gasteiger partial charge in [-0.2, -0.15) is 4.98 Å². The van der Waals surface area contributed by atoms with E-state index >= 15 is 0 Å². The van der Waals surface area contributed by atoms with Crippen molar-refractivity contribution in [2.24, 2.45) is 5.92 Å². The average Bonchev–Trinajstić information content (AvgIpc) is 3.25. The molecule has 2 aliphatic heterocycles. The number of aromatic nitrogens is 2. The van der Waals surface area contributed by atoms with Gasteiger partial charge in [0, 0.05) is 36.6 Å². The fraction of sp³-hybridized carbons (Fsp3) is 0.467. The number of hydrogen-bond donors (Lipinski definition) is 1. The summed E-state index contributed by atoms with van der Waals surface area (Å²) in [5.41, 5.74) is 8.74. The molecule has 1 aromatic heterocycles. The van der Waals surface area contributed by atoms with Gasteiger partial charge in [-0.15, -0.1) is 0 Å². The van der Waals surface area contributed by atoms with E-state index in [-0.39, 0.29) is 0 Å². The molecule has 3 aromatic rings. The summed E-state index contributed by atoms with van der Waals surface area (Å²) in [5.74, 6) is 2.67. The van der Waals surface area contributed by atoms with E-state index in [9.17, 15) is 0 Å². The fourth-order valence-corrected chi connectivity index (χ4v) is 5.86. The summed E-state index contributed by atoms with van der Waals surface area (Å²) in [6.07, 6.45) is 4.91. The zero-order valence-corrected chi connectivity index (χ0v) is 21.8. The van der Waals surface area contributed by atoms with Crippen LogP contribution >= 0.6 is 0 Å². The van der Waals surface area contributed by atoms with E-state index in [4.69, 9.17) is 9.97 Å². The van der Waals surface area contributed by atoms with E-state index in [1.165, 1.54) is 60.2 Å². The van der Waals surface area contributed by atoms with Crippen LogP contribution in [0.2, 0.25) is 0 Å². The number of benzene rings is 2. The van der Waals surface area contributed by atoms with E-state index in [2.05, 4.69) is 85.3 Å². The number of likely N-dealkylation sites (tertiary alicyclic amines) is 1. The van der Waals surface area contributed by atoms with E-state index in [0.29, 0.717) is 0 Å². The van der Waals surface area contributed by atoms with Crippen molar-refractivity contribution in [3.63, 3.8) is 0 Å². The zero-order valence-electron chi connectivity index (χ0n) is 21.8. The molecule has 0 spiro atoms. The molecule has 0 amide bonds. The SMILES string of the molecule is Cc1cc(C)c(Nc2nc(C)c3c(n2)N(CCC2CCN(Cc4ccccc4)CC2)CC3)c(C)c1. The van der Waals surface area contributed by atoms with Crippen LogP contribution in [-0.4, -0.2) is 41.0 Å². The Morgan fingerprint density at radius 2 is 1.63 bits per heavy atom. The number of fused-ring (bicyclic) bond motifs is 1. The summed E-state index contributed by atoms with van der Waals surface area (Å²) in [7, 11) is 0. The van der Waals surface area contributed by atoms with Crippen molar-refractivity contribution < 1.29 is 0 Å². The van der Waals surface area contributed by atoms with Gasteiger partial charge in [0.25, 0.3) is 0 Å². The van der Waals surface area contributed by atoms with E-state index in [1.54, 1.807) is 0 Å². The smallest absolute Gasteiger partial charge is 0.229 e. The van der Waals surface area contributed by atoms with E-state index < -0.39 is 0 Å². The van der Waals surface area contributed by atoms with Crippen molar-refractivity contribution in [1.29, 1.82) is 0 Å². The Bertz CT molecular complexity index is 1140. The number of anilines is 3. The normalized spacial score (nSPS) is 16.5. The lowest BCUT2D eigenvalue weighted by Gasteiger charge is -2.33. The van der Waals surface area contributed by atoms with Crippen molar-refractivity contribution in [3.05, 3.63) is 76.0 Å². The number of aryl methyl sites for hydroxylation is 4. The van der Waals surface area contributed by atoms with Gasteiger partial charge in [-0.3, -0.25) is 4.90 Å². The first kappa shape index (κ1) is 23.8. The molecule has 5 nitrogen and oxygen atoms in total. The van der Waals surface area contributed by atoms with Crippen LogP contribution in [0.25, 0.3) is 0 Å². The van der Waals surface area contributed by atoms with Crippen LogP contribution in [0.15, 0.2) is 42.5 Å². The highest BCUT2D eigenvalue weighted by atomic mass is 15.2. The van der Waals surface area contributed by atoms with Crippen LogP contribution in [0.3, 0.4) is 0 Å². The molecule has 0 radical (unpaired) electrons. The summed E-state index contributed by atoms with van der Waals surface area (Å²) in [4.78, 5) is 14.9. The molecule has 0 aliphatic carbocycles. The first-order chi connectivity index (χ1) is 17.0. The van der Waals surface area contributed by atoms with Gasteiger partial charge in [0.2, 0.25) is 5.95 Å². The van der Waals surface area contributed by atoms with Crippen LogP contribution < -0.4 is 10.2 Å². The number of hydrogen-bond acceptors (Lipinski definition) is 5. The van der Waals surface area contributed by atoms with Gasteiger partial charge in [0.1, 0.15) is 5.82 Å². The van der Waals surface area contributed by atoms with Crippen molar-refractivity contribution in [1.82, 2.24) is 14.9 Å². The zero-order chi connectivity index (χ0) is 24.4. The minimum atomic E-state index is 0.720. The lowest BCUT2D eigenvalue weighted by atomic mass is 9.93. The molecule has 5 rings (SSSR count). The third-order valence-electron chi connectivity index (χ3n) is 7.80. The molecule has 0 saturated carbocycles. The third-order valence-corrected chi connectivity index (χ3v) is 7.80. The lowest BCUT2D eigenvalue weighted by molar-refractivity contribution is 0.173. The topological polar surface area (TPSA) is 44.3 Å². The fourth-order valence-electron chi connectivity index (χ4n) is 5.86. The average molecular weight is 470 g/mol. The second-order valence-corrected chi connectivity index (χ2v) is 10.6. The molecule has 1 N–H and O–H groups in total. The van der Waals surface area contributed by atoms with Crippen molar-refractivity contribution in [3.8, 4) is 0 Å². The molecule has 2 aromatic carbocycles. The standard InChI is InChI=1S/C30H39N5/c1-21-18-22(2)28(23(3)19-21)32-30-31-24(4)27-13-17-35(29(27)33-30)16-12-25-10-14-34(15-11-25)20-26-8-6-5-7-9-26/h5-9,18-19,25H,10-17,20H2,1-4H3,(H,31,32,33). The highest BCUT2D eigenvalue weighted by Gasteiger charge is 2.26. The monoisotopic (exact) mass is 469 g/mol. The van der Waals surface area contributed by atoms with Gasteiger partial charge >= 0.3 is 0 Å². The second kappa shape index (κ2) is 10.4. The van der Waals surface area contributed by atoms with Crippen LogP contribution in [0.5, 0.6) is 0 Å². The number of rotatable bonds is 7. The molecule has 5 heteroatoms. The Kier molecular flexibility index (Phi) is 7.05. The Morgan fingerprint density at radius 3 is 2.34 bits per heavy atom. The van der Waals surface area contributed by atoms with Crippen LogP contribution in [0, 0.1) is 33.6 Å². The first-order valence-corrected chi connectivity index (χ1v) is 13.2. The molecular formula is C30H39N5. The summed E-state index contributed by atoms with van der Waals surface area (Å²) < 4.78 is 0.